The molecule has 124 valence electrons. The number of fused-ring (bicyclic) bond motifs is 1. The van der Waals surface area contributed by atoms with Gasteiger partial charge in [-0.25, -0.2) is 4.98 Å². The van der Waals surface area contributed by atoms with E-state index in [9.17, 15) is 9.59 Å². The van der Waals surface area contributed by atoms with Crippen LogP contribution in [-0.4, -0.2) is 22.5 Å². The third-order valence-corrected chi connectivity index (χ3v) is 3.79. The summed E-state index contributed by atoms with van der Waals surface area (Å²) in [5.41, 5.74) is 1.88. The Bertz CT molecular complexity index is 1030. The molecule has 0 bridgehead atoms. The number of nitrogens with zero attached hydrogens (tertiary/aromatic N) is 2. The lowest BCUT2D eigenvalue weighted by Gasteiger charge is -2.13. The van der Waals surface area contributed by atoms with Gasteiger partial charge < -0.3 is 5.32 Å². The van der Waals surface area contributed by atoms with Crippen molar-refractivity contribution < 1.29 is 4.79 Å². The number of carbonyl (C=O) groups is 1. The molecule has 1 heterocycles. The standard InChI is InChI=1S/C20H17N3O2/c1-2-18-22-17-12-6-8-15(9-7-13-21-14-24)19(17)20(25)23(18)16-10-4-3-5-11-16/h3-6,8,10-12,14H,2,13H2,1H3,(H,21,24). The number of benzene rings is 2. The molecule has 0 aliphatic heterocycles. The third-order valence-electron chi connectivity index (χ3n) is 3.79. The minimum atomic E-state index is -0.138. The van der Waals surface area contributed by atoms with Gasteiger partial charge in [0.15, 0.2) is 0 Å². The minimum Gasteiger partial charge on any atom is -0.348 e. The maximum absolute atomic E-state index is 13.2. The van der Waals surface area contributed by atoms with Crippen LogP contribution in [-0.2, 0) is 11.2 Å². The number of hydrogen-bond donors (Lipinski definition) is 1. The fourth-order valence-corrected chi connectivity index (χ4v) is 2.69. The Hall–Kier alpha value is -3.39. The summed E-state index contributed by atoms with van der Waals surface area (Å²) >= 11 is 0. The van der Waals surface area contributed by atoms with Crippen LogP contribution >= 0.6 is 0 Å². The van der Waals surface area contributed by atoms with E-state index in [0.29, 0.717) is 35.1 Å². The molecule has 0 saturated heterocycles. The second-order valence-corrected chi connectivity index (χ2v) is 5.36. The fourth-order valence-electron chi connectivity index (χ4n) is 2.69. The molecule has 0 aliphatic rings. The van der Waals surface area contributed by atoms with Crippen molar-refractivity contribution in [1.29, 1.82) is 0 Å². The van der Waals surface area contributed by atoms with Crippen molar-refractivity contribution in [3.05, 3.63) is 70.3 Å². The summed E-state index contributed by atoms with van der Waals surface area (Å²) in [5.74, 6) is 6.50. The zero-order valence-electron chi connectivity index (χ0n) is 13.8. The van der Waals surface area contributed by atoms with Gasteiger partial charge in [-0.3, -0.25) is 14.2 Å². The van der Waals surface area contributed by atoms with Crippen LogP contribution in [0.3, 0.4) is 0 Å². The first kappa shape index (κ1) is 16.5. The largest absolute Gasteiger partial charge is 0.348 e. The fraction of sp³-hybridized carbons (Fsp3) is 0.150. The smallest absolute Gasteiger partial charge is 0.267 e. The van der Waals surface area contributed by atoms with E-state index in [1.54, 1.807) is 10.6 Å². The van der Waals surface area contributed by atoms with E-state index in [0.717, 1.165) is 5.69 Å². The van der Waals surface area contributed by atoms with E-state index < -0.39 is 0 Å². The van der Waals surface area contributed by atoms with Crippen LogP contribution in [0.1, 0.15) is 18.3 Å². The topological polar surface area (TPSA) is 64.0 Å². The van der Waals surface area contributed by atoms with Crippen LogP contribution in [0.2, 0.25) is 0 Å². The lowest BCUT2D eigenvalue weighted by Crippen LogP contribution is -2.24. The Labute approximate surface area is 145 Å². The highest BCUT2D eigenvalue weighted by molar-refractivity contribution is 5.84. The molecule has 1 N–H and O–H groups in total. The van der Waals surface area contributed by atoms with Crippen molar-refractivity contribution in [2.45, 2.75) is 13.3 Å². The monoisotopic (exact) mass is 331 g/mol. The Morgan fingerprint density at radius 2 is 1.96 bits per heavy atom. The zero-order chi connectivity index (χ0) is 17.6. The zero-order valence-corrected chi connectivity index (χ0v) is 13.8. The highest BCUT2D eigenvalue weighted by Gasteiger charge is 2.13. The number of aryl methyl sites for hydroxylation is 1. The Kier molecular flexibility index (Phi) is 4.91. The molecule has 0 fully saturated rings. The molecule has 0 spiro atoms. The molecule has 25 heavy (non-hydrogen) atoms. The maximum Gasteiger partial charge on any atom is 0.267 e. The molecule has 0 saturated carbocycles. The molecule has 0 atom stereocenters. The summed E-state index contributed by atoms with van der Waals surface area (Å²) in [6.45, 7) is 2.20. The number of para-hydroxylation sites is 1. The lowest BCUT2D eigenvalue weighted by molar-refractivity contribution is -0.109. The van der Waals surface area contributed by atoms with Gasteiger partial charge in [-0.1, -0.05) is 43.0 Å². The van der Waals surface area contributed by atoms with Gasteiger partial charge in [0.25, 0.3) is 5.56 Å². The van der Waals surface area contributed by atoms with Crippen LogP contribution in [0, 0.1) is 11.8 Å². The van der Waals surface area contributed by atoms with E-state index >= 15 is 0 Å². The normalized spacial score (nSPS) is 10.1. The third kappa shape index (κ3) is 3.29. The van der Waals surface area contributed by atoms with Crippen molar-refractivity contribution in [2.75, 3.05) is 6.54 Å². The molecule has 2 aromatic carbocycles. The van der Waals surface area contributed by atoms with Crippen molar-refractivity contribution in [3.63, 3.8) is 0 Å². The predicted octanol–water partition coefficient (Wildman–Crippen LogP) is 2.05. The van der Waals surface area contributed by atoms with Crippen LogP contribution in [0.5, 0.6) is 0 Å². The maximum atomic E-state index is 13.2. The summed E-state index contributed by atoms with van der Waals surface area (Å²) in [5, 5.41) is 2.97. The molecular formula is C20H17N3O2. The molecule has 3 rings (SSSR count). The molecule has 0 aliphatic carbocycles. The van der Waals surface area contributed by atoms with Gasteiger partial charge in [-0.2, -0.15) is 0 Å². The van der Waals surface area contributed by atoms with Gasteiger partial charge in [-0.15, -0.1) is 0 Å². The van der Waals surface area contributed by atoms with Crippen LogP contribution in [0.15, 0.2) is 53.3 Å². The summed E-state index contributed by atoms with van der Waals surface area (Å²) in [6, 6.07) is 14.9. The number of hydrogen-bond acceptors (Lipinski definition) is 3. The first-order valence-corrected chi connectivity index (χ1v) is 8.02. The number of aromatic nitrogens is 2. The second kappa shape index (κ2) is 7.45. The molecule has 3 aromatic rings. The van der Waals surface area contributed by atoms with Gasteiger partial charge in [-0.05, 0) is 24.3 Å². The molecule has 0 radical (unpaired) electrons. The van der Waals surface area contributed by atoms with Crippen molar-refractivity contribution >= 4 is 17.3 Å². The predicted molar refractivity (Wildman–Crippen MR) is 97.7 cm³/mol. The van der Waals surface area contributed by atoms with E-state index in [1.807, 2.05) is 49.4 Å². The highest BCUT2D eigenvalue weighted by atomic mass is 16.1. The SMILES string of the molecule is CCc1nc2cccc(C#CCNC=O)c2c(=O)n1-c1ccccc1. The van der Waals surface area contributed by atoms with E-state index in [2.05, 4.69) is 22.1 Å². The van der Waals surface area contributed by atoms with Gasteiger partial charge in [0.2, 0.25) is 6.41 Å². The van der Waals surface area contributed by atoms with E-state index in [4.69, 9.17) is 0 Å². The molecular weight excluding hydrogens is 314 g/mol. The molecule has 1 aromatic heterocycles. The van der Waals surface area contributed by atoms with Crippen LogP contribution in [0.25, 0.3) is 16.6 Å². The number of amides is 1. The van der Waals surface area contributed by atoms with Gasteiger partial charge >= 0.3 is 0 Å². The first-order valence-electron chi connectivity index (χ1n) is 8.02. The number of rotatable bonds is 4. The van der Waals surface area contributed by atoms with E-state index in [-0.39, 0.29) is 12.1 Å². The Balaban J connectivity index is 2.27. The summed E-state index contributed by atoms with van der Waals surface area (Å²) in [7, 11) is 0. The van der Waals surface area contributed by atoms with Crippen LogP contribution < -0.4 is 10.9 Å². The van der Waals surface area contributed by atoms with Crippen LogP contribution in [0.4, 0.5) is 0 Å². The average molecular weight is 331 g/mol. The number of nitrogens with one attached hydrogen (secondary N) is 1. The van der Waals surface area contributed by atoms with Gasteiger partial charge in [0.1, 0.15) is 5.82 Å². The van der Waals surface area contributed by atoms with Gasteiger partial charge in [0, 0.05) is 12.0 Å². The number of carbonyl (C=O) groups excluding carboxylic acids is 1. The molecule has 0 unspecified atom stereocenters. The first-order chi connectivity index (χ1) is 12.3. The van der Waals surface area contributed by atoms with E-state index in [1.165, 1.54) is 0 Å². The minimum absolute atomic E-state index is 0.138. The second-order valence-electron chi connectivity index (χ2n) is 5.36. The highest BCUT2D eigenvalue weighted by Crippen LogP contribution is 2.16. The van der Waals surface area contributed by atoms with Gasteiger partial charge in [0.05, 0.1) is 23.1 Å². The Morgan fingerprint density at radius 1 is 1.16 bits per heavy atom. The van der Waals surface area contributed by atoms with Crippen molar-refractivity contribution in [3.8, 4) is 17.5 Å². The summed E-state index contributed by atoms with van der Waals surface area (Å²) in [6.07, 6.45) is 1.23. The van der Waals surface area contributed by atoms with Crippen molar-refractivity contribution in [1.82, 2.24) is 14.9 Å². The Morgan fingerprint density at radius 3 is 2.68 bits per heavy atom. The molecule has 1 amide bonds. The lowest BCUT2D eigenvalue weighted by atomic mass is 10.1. The quantitative estimate of drug-likeness (QED) is 0.452. The summed E-state index contributed by atoms with van der Waals surface area (Å²) < 4.78 is 1.64. The molecule has 5 nitrogen and oxygen atoms in total. The summed E-state index contributed by atoms with van der Waals surface area (Å²) in [4.78, 5) is 28.2. The van der Waals surface area contributed by atoms with Crippen molar-refractivity contribution in [2.24, 2.45) is 0 Å². The average Bonchev–Trinajstić information content (AvgIpc) is 2.65. The molecule has 5 heteroatoms.